The van der Waals surface area contributed by atoms with Crippen molar-refractivity contribution in [2.75, 3.05) is 37.7 Å². The molecule has 12 nitrogen and oxygen atoms in total. The molecular weight excluding hydrogens is 642 g/mol. The second-order valence-electron chi connectivity index (χ2n) is 13.4. The molecule has 16 heteroatoms. The van der Waals surface area contributed by atoms with Gasteiger partial charge < -0.3 is 19.5 Å². The van der Waals surface area contributed by atoms with Gasteiger partial charge in [-0.05, 0) is 30.0 Å². The molecule has 0 spiro atoms. The Kier molecular flexibility index (Phi) is 9.29. The van der Waals surface area contributed by atoms with Crippen molar-refractivity contribution in [1.82, 2.24) is 39.1 Å². The minimum Gasteiger partial charge on any atom is -0.365 e. The second-order valence-corrected chi connectivity index (χ2v) is 15.5. The highest BCUT2D eigenvalue weighted by molar-refractivity contribution is 6.39. The number of urea groups is 1. The standard InChI is InChI=1S/C32H37F3N10O2Si/c1-30(2,3)48-21-47-20-43-13-7-24-27(38-19-39-28(24)43)22-14-40-45(16-22)31(8-9-36)17-44(18-31)23-5-11-42(12-6-23)29(46)41-26-4-10-37-15-25(26)32(33,34)35/h4,7,10,13-16,19,23H,5-6,8,11-12,17-18,20-21H2,1-3H3,(H,37,41,46). The molecule has 1 N–H and O–H groups in total. The molecule has 6 heterocycles. The number of aromatic nitrogens is 6. The van der Waals surface area contributed by atoms with Crippen molar-refractivity contribution in [2.45, 2.75) is 69.6 Å². The lowest BCUT2D eigenvalue weighted by molar-refractivity contribution is -0.137. The van der Waals surface area contributed by atoms with E-state index in [2.05, 4.69) is 57.1 Å². The number of hydrogen-bond acceptors (Lipinski definition) is 8. The van der Waals surface area contributed by atoms with E-state index in [1.54, 1.807) is 6.20 Å². The van der Waals surface area contributed by atoms with E-state index >= 15 is 0 Å². The molecule has 0 bridgehead atoms. The average molecular weight is 679 g/mol. The highest BCUT2D eigenvalue weighted by Gasteiger charge is 2.48. The third kappa shape index (κ3) is 7.08. The van der Waals surface area contributed by atoms with Crippen LogP contribution < -0.4 is 5.32 Å². The van der Waals surface area contributed by atoms with E-state index in [-0.39, 0.29) is 23.2 Å². The minimum atomic E-state index is -4.62. The maximum atomic E-state index is 13.3. The average Bonchev–Trinajstić information content (AvgIpc) is 3.68. The third-order valence-corrected chi connectivity index (χ3v) is 10.3. The van der Waals surface area contributed by atoms with Crippen LogP contribution in [-0.4, -0.2) is 93.1 Å². The van der Waals surface area contributed by atoms with Crippen LogP contribution in [0.1, 0.15) is 45.6 Å². The van der Waals surface area contributed by atoms with Crippen LogP contribution in [0.25, 0.3) is 22.3 Å². The predicted molar refractivity (Wildman–Crippen MR) is 173 cm³/mol. The van der Waals surface area contributed by atoms with E-state index in [1.165, 1.54) is 17.4 Å². The van der Waals surface area contributed by atoms with Crippen molar-refractivity contribution >= 4 is 32.3 Å². The highest BCUT2D eigenvalue weighted by Crippen LogP contribution is 2.38. The molecule has 2 fully saturated rings. The lowest BCUT2D eigenvalue weighted by Crippen LogP contribution is -2.66. The van der Waals surface area contributed by atoms with E-state index in [0.29, 0.717) is 67.7 Å². The molecule has 0 aromatic carbocycles. The molecule has 0 aliphatic carbocycles. The molecule has 0 atom stereocenters. The smallest absolute Gasteiger partial charge is 0.365 e. The van der Waals surface area contributed by atoms with E-state index in [0.717, 1.165) is 28.4 Å². The van der Waals surface area contributed by atoms with Crippen LogP contribution in [0.5, 0.6) is 0 Å². The van der Waals surface area contributed by atoms with E-state index in [1.807, 2.05) is 27.7 Å². The van der Waals surface area contributed by atoms with Gasteiger partial charge in [0.1, 0.15) is 24.2 Å². The number of likely N-dealkylation sites (tertiary alicyclic amines) is 2. The Morgan fingerprint density at radius 2 is 1.94 bits per heavy atom. The summed E-state index contributed by atoms with van der Waals surface area (Å²) in [4.78, 5) is 29.3. The number of nitrogens with zero attached hydrogens (tertiary/aromatic N) is 9. The highest BCUT2D eigenvalue weighted by atomic mass is 28.2. The molecular formula is C32H37F3N10O2Si. The Balaban J connectivity index is 1.07. The summed E-state index contributed by atoms with van der Waals surface area (Å²) in [6, 6.07) is 5.07. The SMILES string of the molecule is CC(C)(C)[Si]COCn1ccc2c(-c3cnn(C4(CC#N)CN(C5CCN(C(=O)Nc6ccncc6C(F)(F)F)CC5)C4)c3)ncnc21. The molecule has 4 aromatic heterocycles. The number of pyridine rings is 1. The number of nitriles is 1. The van der Waals surface area contributed by atoms with Crippen molar-refractivity contribution in [2.24, 2.45) is 0 Å². The summed E-state index contributed by atoms with van der Waals surface area (Å²) >= 11 is 0. The Bertz CT molecular complexity index is 1800. The fourth-order valence-electron chi connectivity index (χ4n) is 6.26. The lowest BCUT2D eigenvalue weighted by Gasteiger charge is -2.53. The van der Waals surface area contributed by atoms with Crippen molar-refractivity contribution in [1.29, 1.82) is 5.26 Å². The monoisotopic (exact) mass is 678 g/mol. The number of ether oxygens (including phenoxy) is 1. The maximum absolute atomic E-state index is 13.3. The number of carbonyl (C=O) groups is 1. The summed E-state index contributed by atoms with van der Waals surface area (Å²) in [5.41, 5.74) is 0.557. The fourth-order valence-corrected chi connectivity index (χ4v) is 6.89. The van der Waals surface area contributed by atoms with Gasteiger partial charge >= 0.3 is 12.2 Å². The third-order valence-electron chi connectivity index (χ3n) is 8.87. The predicted octanol–water partition coefficient (Wildman–Crippen LogP) is 5.18. The number of rotatable bonds is 9. The normalized spacial score (nSPS) is 17.3. The number of hydrogen-bond donors (Lipinski definition) is 1. The van der Waals surface area contributed by atoms with Gasteiger partial charge in [-0.2, -0.15) is 23.5 Å². The molecule has 4 aromatic rings. The number of piperidine rings is 1. The van der Waals surface area contributed by atoms with E-state index in [4.69, 9.17) is 4.74 Å². The number of amides is 2. The van der Waals surface area contributed by atoms with Crippen LogP contribution in [0.2, 0.25) is 5.04 Å². The fraction of sp³-hybridized carbons (Fsp3) is 0.500. The van der Waals surface area contributed by atoms with Gasteiger partial charge in [0, 0.05) is 74.2 Å². The van der Waals surface area contributed by atoms with Crippen LogP contribution in [0, 0.1) is 11.3 Å². The van der Waals surface area contributed by atoms with Gasteiger partial charge in [-0.3, -0.25) is 14.6 Å². The summed E-state index contributed by atoms with van der Waals surface area (Å²) in [6.45, 7) is 9.03. The van der Waals surface area contributed by atoms with Gasteiger partial charge in [-0.25, -0.2) is 14.8 Å². The van der Waals surface area contributed by atoms with Crippen LogP contribution in [0.4, 0.5) is 23.7 Å². The van der Waals surface area contributed by atoms with Crippen LogP contribution >= 0.6 is 0 Å². The number of fused-ring (bicyclic) bond motifs is 1. The molecule has 0 unspecified atom stereocenters. The number of nitrogens with one attached hydrogen (secondary N) is 1. The summed E-state index contributed by atoms with van der Waals surface area (Å²) < 4.78 is 49.8. The van der Waals surface area contributed by atoms with E-state index in [9.17, 15) is 23.2 Å². The zero-order valence-corrected chi connectivity index (χ0v) is 28.0. The Morgan fingerprint density at radius 1 is 1.17 bits per heavy atom. The second kappa shape index (κ2) is 13.3. The molecule has 0 saturated carbocycles. The van der Waals surface area contributed by atoms with Crippen molar-refractivity contribution < 1.29 is 22.7 Å². The van der Waals surface area contributed by atoms with Crippen molar-refractivity contribution in [3.63, 3.8) is 0 Å². The van der Waals surface area contributed by atoms with Gasteiger partial charge in [0.2, 0.25) is 0 Å². The Labute approximate surface area is 278 Å². The number of halogens is 3. The molecule has 252 valence electrons. The summed E-state index contributed by atoms with van der Waals surface area (Å²) in [7, 11) is 0.690. The van der Waals surface area contributed by atoms with Gasteiger partial charge in [0.25, 0.3) is 0 Å². The Morgan fingerprint density at radius 3 is 2.65 bits per heavy atom. The van der Waals surface area contributed by atoms with Gasteiger partial charge in [0.15, 0.2) is 0 Å². The lowest BCUT2D eigenvalue weighted by atomic mass is 9.84. The zero-order valence-electron chi connectivity index (χ0n) is 27.0. The maximum Gasteiger partial charge on any atom is 0.419 e. The molecule has 48 heavy (non-hydrogen) atoms. The molecule has 2 aliphatic heterocycles. The molecule has 2 aliphatic rings. The molecule has 2 saturated heterocycles. The Hall–Kier alpha value is -4.33. The van der Waals surface area contributed by atoms with E-state index < -0.39 is 23.3 Å². The first-order valence-corrected chi connectivity index (χ1v) is 16.9. The first-order valence-electron chi connectivity index (χ1n) is 15.7. The van der Waals surface area contributed by atoms with Gasteiger partial charge in [0.05, 0.1) is 45.2 Å². The van der Waals surface area contributed by atoms with Crippen LogP contribution in [0.3, 0.4) is 0 Å². The summed E-state index contributed by atoms with van der Waals surface area (Å²) in [5.74, 6) is 0. The van der Waals surface area contributed by atoms with Crippen molar-refractivity contribution in [3.8, 4) is 17.3 Å². The van der Waals surface area contributed by atoms with Crippen LogP contribution in [-0.2, 0) is 23.2 Å². The van der Waals surface area contributed by atoms with Gasteiger partial charge in [-0.15, -0.1) is 0 Å². The number of carbonyl (C=O) groups excluding carboxylic acids is 1. The number of anilines is 1. The quantitative estimate of drug-likeness (QED) is 0.189. The molecule has 6 rings (SSSR count). The van der Waals surface area contributed by atoms with Crippen molar-refractivity contribution in [3.05, 3.63) is 55.0 Å². The first-order chi connectivity index (χ1) is 22.9. The summed E-state index contributed by atoms with van der Waals surface area (Å²) in [6.07, 6.45) is 6.79. The topological polar surface area (TPSA) is 130 Å². The molecule has 2 amide bonds. The summed E-state index contributed by atoms with van der Waals surface area (Å²) in [5, 5.41) is 17.9. The molecule has 2 radical (unpaired) electrons. The minimum absolute atomic E-state index is 0.176. The number of alkyl halides is 3. The van der Waals surface area contributed by atoms with Gasteiger partial charge in [-0.1, -0.05) is 20.8 Å². The van der Waals surface area contributed by atoms with Crippen LogP contribution in [0.15, 0.2) is 49.4 Å². The largest absolute Gasteiger partial charge is 0.419 e. The first kappa shape index (κ1) is 33.6. The zero-order chi connectivity index (χ0) is 34.1.